The van der Waals surface area contributed by atoms with Gasteiger partial charge in [-0.3, -0.25) is 39.1 Å². The van der Waals surface area contributed by atoms with Crippen molar-refractivity contribution in [1.29, 1.82) is 0 Å². The number of piperidine rings is 3. The molecule has 0 bridgehead atoms. The number of carbonyl (C=O) groups excluding carboxylic acids is 6. The van der Waals surface area contributed by atoms with Crippen LogP contribution in [-0.2, 0) is 9.59 Å². The normalized spacial score (nSPS) is 23.8. The zero-order valence-corrected chi connectivity index (χ0v) is 34.4. The van der Waals surface area contributed by atoms with E-state index in [1.807, 2.05) is 30.1 Å². The third-order valence-electron chi connectivity index (χ3n) is 13.1. The van der Waals surface area contributed by atoms with Gasteiger partial charge in [0, 0.05) is 103 Å². The Balaban J connectivity index is 0.781. The number of hydrogen-bond acceptors (Lipinski definition) is 13. The van der Waals surface area contributed by atoms with Crippen LogP contribution in [0.15, 0.2) is 48.7 Å². The van der Waals surface area contributed by atoms with E-state index in [-0.39, 0.29) is 30.6 Å². The standard InChI is InChI=1S/C43H52N12O6/c1-49-16-21-54(43(49)61)31-5-3-15-53(26-31)35-23-45-37(38(44)57)39(47-35)46-28-6-8-29(9-7-28)51-19-17-50(18-20-51)24-27-4-2-14-52(25-27)30-10-11-32-33(22-30)42(60)55(41(32)59)34-12-13-36(56)48-40(34)58/h6-11,22-23,27,31,34H,2-5,12-21,24-26H2,1H3,(H2,44,57)(H,46,47)(H,48,56,58)/t27-,31-,34?/m1/s1. The summed E-state index contributed by atoms with van der Waals surface area (Å²) < 4.78 is 0. The Morgan fingerprint density at radius 2 is 1.54 bits per heavy atom. The lowest BCUT2D eigenvalue weighted by molar-refractivity contribution is -0.136. The van der Waals surface area contributed by atoms with Crippen LogP contribution in [-0.4, -0.2) is 156 Å². The summed E-state index contributed by atoms with van der Waals surface area (Å²) in [5.74, 6) is -1.29. The van der Waals surface area contributed by atoms with Gasteiger partial charge in [-0.05, 0) is 80.5 Å². The van der Waals surface area contributed by atoms with Crippen molar-refractivity contribution in [2.75, 3.05) is 99.1 Å². The predicted molar refractivity (Wildman–Crippen MR) is 227 cm³/mol. The molecule has 5 fully saturated rings. The molecule has 4 N–H and O–H groups in total. The number of nitrogens with two attached hydrogens (primary N) is 1. The molecule has 0 saturated carbocycles. The number of amides is 7. The van der Waals surface area contributed by atoms with Crippen LogP contribution in [0.5, 0.6) is 0 Å². The Labute approximate surface area is 354 Å². The van der Waals surface area contributed by atoms with E-state index < -0.39 is 35.6 Å². The number of likely N-dealkylation sites (N-methyl/N-ethyl adjacent to an activating group) is 1. The first kappa shape index (κ1) is 40.1. The number of rotatable bonds is 10. The highest BCUT2D eigenvalue weighted by atomic mass is 16.2. The topological polar surface area (TPSA) is 201 Å². The van der Waals surface area contributed by atoms with E-state index in [2.05, 4.69) is 47.3 Å². The zero-order valence-electron chi connectivity index (χ0n) is 34.4. The monoisotopic (exact) mass is 832 g/mol. The van der Waals surface area contributed by atoms with Crippen LogP contribution < -0.4 is 31.1 Å². The number of anilines is 5. The first-order chi connectivity index (χ1) is 29.5. The van der Waals surface area contributed by atoms with E-state index in [0.717, 1.165) is 107 Å². The second-order valence-corrected chi connectivity index (χ2v) is 17.0. The van der Waals surface area contributed by atoms with Crippen LogP contribution in [0.4, 0.5) is 33.5 Å². The molecule has 7 amide bonds. The Bertz CT molecular complexity index is 2250. The number of carbonyl (C=O) groups is 6. The van der Waals surface area contributed by atoms with Gasteiger partial charge in [0.25, 0.3) is 17.7 Å². The van der Waals surface area contributed by atoms with Gasteiger partial charge in [-0.25, -0.2) is 14.8 Å². The number of benzene rings is 2. The fraction of sp³-hybridized carbons (Fsp3) is 0.488. The average Bonchev–Trinajstić information content (AvgIpc) is 3.73. The summed E-state index contributed by atoms with van der Waals surface area (Å²) in [6, 6.07) is 12.6. The highest BCUT2D eigenvalue weighted by Crippen LogP contribution is 2.33. The molecule has 6 aliphatic rings. The summed E-state index contributed by atoms with van der Waals surface area (Å²) in [4.78, 5) is 99.1. The zero-order chi connectivity index (χ0) is 42.4. The van der Waals surface area contributed by atoms with Crippen LogP contribution >= 0.6 is 0 Å². The fourth-order valence-corrected chi connectivity index (χ4v) is 9.77. The molecule has 3 aromatic rings. The third-order valence-corrected chi connectivity index (χ3v) is 13.1. The van der Waals surface area contributed by atoms with Gasteiger partial charge in [0.1, 0.15) is 11.9 Å². The number of primary amides is 1. The van der Waals surface area contributed by atoms with Gasteiger partial charge in [-0.2, -0.15) is 0 Å². The summed E-state index contributed by atoms with van der Waals surface area (Å²) in [5, 5.41) is 5.54. The van der Waals surface area contributed by atoms with Crippen molar-refractivity contribution >= 4 is 64.3 Å². The SMILES string of the molecule is CN1CCN([C@@H]2CCCN(c3cnc(C(N)=O)c(Nc4ccc(N5CCN(C[C@H]6CCCN(c7ccc8c(c7)C(=O)N(C7CCC(=O)NC7=O)C8=O)C6)CC5)cc4)n3)C2)C1=O. The van der Waals surface area contributed by atoms with E-state index in [9.17, 15) is 28.8 Å². The number of nitrogens with one attached hydrogen (secondary N) is 2. The van der Waals surface area contributed by atoms with Gasteiger partial charge >= 0.3 is 6.03 Å². The molecule has 320 valence electrons. The van der Waals surface area contributed by atoms with Gasteiger partial charge in [-0.15, -0.1) is 0 Å². The van der Waals surface area contributed by atoms with Crippen LogP contribution in [0.25, 0.3) is 0 Å². The minimum absolute atomic E-state index is 0.0565. The second kappa shape index (κ2) is 16.6. The smallest absolute Gasteiger partial charge is 0.320 e. The van der Waals surface area contributed by atoms with Gasteiger partial charge in [0.05, 0.1) is 23.4 Å². The first-order valence-corrected chi connectivity index (χ1v) is 21.4. The largest absolute Gasteiger partial charge is 0.371 e. The second-order valence-electron chi connectivity index (χ2n) is 17.0. The lowest BCUT2D eigenvalue weighted by atomic mass is 9.96. The lowest BCUT2D eigenvalue weighted by Crippen LogP contribution is -2.54. The molecule has 1 aromatic heterocycles. The molecule has 2 aromatic carbocycles. The minimum atomic E-state index is -0.982. The van der Waals surface area contributed by atoms with E-state index in [4.69, 9.17) is 10.7 Å². The molecule has 1 unspecified atom stereocenters. The van der Waals surface area contributed by atoms with Crippen molar-refractivity contribution in [3.63, 3.8) is 0 Å². The number of fused-ring (bicyclic) bond motifs is 1. The summed E-state index contributed by atoms with van der Waals surface area (Å²) >= 11 is 0. The first-order valence-electron chi connectivity index (χ1n) is 21.4. The minimum Gasteiger partial charge on any atom is -0.371 e. The highest BCUT2D eigenvalue weighted by Gasteiger charge is 2.45. The third kappa shape index (κ3) is 8.03. The van der Waals surface area contributed by atoms with E-state index in [0.29, 0.717) is 41.8 Å². The molecule has 6 aliphatic heterocycles. The quantitative estimate of drug-likeness (QED) is 0.251. The molecule has 61 heavy (non-hydrogen) atoms. The molecule has 0 spiro atoms. The van der Waals surface area contributed by atoms with Crippen LogP contribution in [0.1, 0.15) is 69.7 Å². The van der Waals surface area contributed by atoms with Crippen molar-refractivity contribution in [2.24, 2.45) is 11.7 Å². The molecular formula is C43H52N12O6. The van der Waals surface area contributed by atoms with Crippen molar-refractivity contribution in [3.8, 4) is 0 Å². The van der Waals surface area contributed by atoms with Crippen molar-refractivity contribution < 1.29 is 28.8 Å². The Morgan fingerprint density at radius 3 is 2.28 bits per heavy atom. The Morgan fingerprint density at radius 1 is 0.803 bits per heavy atom. The number of imide groups is 2. The Kier molecular flexibility index (Phi) is 10.9. The van der Waals surface area contributed by atoms with E-state index >= 15 is 0 Å². The van der Waals surface area contributed by atoms with E-state index in [1.165, 1.54) is 0 Å². The maximum Gasteiger partial charge on any atom is 0.320 e. The number of nitrogens with zero attached hydrogens (tertiary/aromatic N) is 9. The maximum absolute atomic E-state index is 13.4. The van der Waals surface area contributed by atoms with Crippen molar-refractivity contribution in [2.45, 2.75) is 50.6 Å². The Hall–Kier alpha value is -6.30. The fourth-order valence-electron chi connectivity index (χ4n) is 9.77. The molecule has 5 saturated heterocycles. The molecular weight excluding hydrogens is 781 g/mol. The van der Waals surface area contributed by atoms with Crippen LogP contribution in [0.2, 0.25) is 0 Å². The number of urea groups is 1. The van der Waals surface area contributed by atoms with Gasteiger partial charge in [-0.1, -0.05) is 0 Å². The van der Waals surface area contributed by atoms with Gasteiger partial charge in [0.2, 0.25) is 11.8 Å². The van der Waals surface area contributed by atoms with Gasteiger partial charge in [0.15, 0.2) is 11.5 Å². The molecule has 9 rings (SSSR count). The maximum atomic E-state index is 13.4. The number of aromatic nitrogens is 2. The predicted octanol–water partition coefficient (Wildman–Crippen LogP) is 2.10. The molecule has 18 heteroatoms. The van der Waals surface area contributed by atoms with Crippen molar-refractivity contribution in [3.05, 3.63) is 65.5 Å². The van der Waals surface area contributed by atoms with Crippen LogP contribution in [0, 0.1) is 5.92 Å². The lowest BCUT2D eigenvalue weighted by Gasteiger charge is -2.40. The van der Waals surface area contributed by atoms with Crippen LogP contribution in [0.3, 0.4) is 0 Å². The highest BCUT2D eigenvalue weighted by molar-refractivity contribution is 6.23. The number of piperazine rings is 1. The number of hydrogen-bond donors (Lipinski definition) is 3. The summed E-state index contributed by atoms with van der Waals surface area (Å²) in [6.07, 6.45) is 5.77. The summed E-state index contributed by atoms with van der Waals surface area (Å²) in [5.41, 5.74) is 9.13. The van der Waals surface area contributed by atoms with Crippen molar-refractivity contribution in [1.82, 2.24) is 34.9 Å². The molecule has 18 nitrogen and oxygen atoms in total. The van der Waals surface area contributed by atoms with Gasteiger partial charge < -0.3 is 35.6 Å². The summed E-state index contributed by atoms with van der Waals surface area (Å²) in [6.45, 7) is 9.12. The molecule has 0 aliphatic carbocycles. The van der Waals surface area contributed by atoms with E-state index in [1.54, 1.807) is 23.2 Å². The molecule has 3 atom stereocenters. The average molecular weight is 833 g/mol. The molecule has 0 radical (unpaired) electrons. The summed E-state index contributed by atoms with van der Waals surface area (Å²) in [7, 11) is 1.83. The molecule has 7 heterocycles.